The van der Waals surface area contributed by atoms with Crippen LogP contribution in [0.4, 0.5) is 8.78 Å². The molecule has 0 bridgehead atoms. The van der Waals surface area contributed by atoms with Crippen LogP contribution in [0, 0.1) is 0 Å². The first-order chi connectivity index (χ1) is 7.43. The number of halogens is 2. The standard InChI is InChI=1S/C9H15F2NO4/c1-12(4-2-9(14)15)8(13)3-5-16-6-7(10)11/h7H,2-6H2,1H3,(H,14,15). The van der Waals surface area contributed by atoms with Gasteiger partial charge in [0.05, 0.1) is 19.4 Å². The highest BCUT2D eigenvalue weighted by Crippen LogP contribution is 1.97. The van der Waals surface area contributed by atoms with E-state index >= 15 is 0 Å². The van der Waals surface area contributed by atoms with E-state index in [2.05, 4.69) is 4.74 Å². The van der Waals surface area contributed by atoms with E-state index in [0.29, 0.717) is 0 Å². The average Bonchev–Trinajstić information content (AvgIpc) is 2.20. The molecule has 1 amide bonds. The average molecular weight is 239 g/mol. The normalized spacial score (nSPS) is 10.5. The highest BCUT2D eigenvalue weighted by Gasteiger charge is 2.10. The Bertz CT molecular complexity index is 236. The van der Waals surface area contributed by atoms with Crippen LogP contribution in [0.2, 0.25) is 0 Å². The zero-order chi connectivity index (χ0) is 12.6. The Morgan fingerprint density at radius 2 is 2.00 bits per heavy atom. The van der Waals surface area contributed by atoms with E-state index in [-0.39, 0.29) is 31.9 Å². The first kappa shape index (κ1) is 14.8. The van der Waals surface area contributed by atoms with E-state index in [1.165, 1.54) is 11.9 Å². The predicted molar refractivity (Wildman–Crippen MR) is 51.3 cm³/mol. The van der Waals surface area contributed by atoms with Gasteiger partial charge in [-0.1, -0.05) is 0 Å². The molecule has 0 aromatic rings. The lowest BCUT2D eigenvalue weighted by atomic mass is 10.3. The van der Waals surface area contributed by atoms with Gasteiger partial charge in [0.2, 0.25) is 5.91 Å². The van der Waals surface area contributed by atoms with Gasteiger partial charge < -0.3 is 14.7 Å². The second kappa shape index (κ2) is 7.98. The van der Waals surface area contributed by atoms with Gasteiger partial charge in [0.15, 0.2) is 0 Å². The number of rotatable bonds is 8. The number of carboxylic acid groups (broad SMARTS) is 1. The maximum atomic E-state index is 11.6. The smallest absolute Gasteiger partial charge is 0.305 e. The molecule has 0 heterocycles. The second-order valence-electron chi connectivity index (χ2n) is 3.18. The number of amides is 1. The van der Waals surface area contributed by atoms with Gasteiger partial charge in [0.25, 0.3) is 6.43 Å². The van der Waals surface area contributed by atoms with Crippen LogP contribution < -0.4 is 0 Å². The van der Waals surface area contributed by atoms with E-state index in [0.717, 1.165) is 0 Å². The molecule has 0 aliphatic rings. The van der Waals surface area contributed by atoms with E-state index < -0.39 is 19.0 Å². The fourth-order valence-electron chi connectivity index (χ4n) is 0.911. The third kappa shape index (κ3) is 8.10. The van der Waals surface area contributed by atoms with Gasteiger partial charge in [-0.25, -0.2) is 8.78 Å². The summed E-state index contributed by atoms with van der Waals surface area (Å²) in [6, 6.07) is 0. The molecule has 0 radical (unpaired) electrons. The van der Waals surface area contributed by atoms with Crippen LogP contribution in [0.3, 0.4) is 0 Å². The monoisotopic (exact) mass is 239 g/mol. The lowest BCUT2D eigenvalue weighted by Gasteiger charge is -2.15. The highest BCUT2D eigenvalue weighted by atomic mass is 19.3. The summed E-state index contributed by atoms with van der Waals surface area (Å²) in [4.78, 5) is 22.7. The van der Waals surface area contributed by atoms with Crippen molar-refractivity contribution in [1.29, 1.82) is 0 Å². The van der Waals surface area contributed by atoms with Crippen molar-refractivity contribution in [2.24, 2.45) is 0 Å². The summed E-state index contributed by atoms with van der Waals surface area (Å²) in [7, 11) is 1.46. The predicted octanol–water partition coefficient (Wildman–Crippen LogP) is 0.591. The second-order valence-corrected chi connectivity index (χ2v) is 3.18. The van der Waals surface area contributed by atoms with Gasteiger partial charge in [-0.15, -0.1) is 0 Å². The van der Waals surface area contributed by atoms with Crippen LogP contribution in [0.1, 0.15) is 12.8 Å². The molecule has 0 rings (SSSR count). The van der Waals surface area contributed by atoms with Crippen molar-refractivity contribution in [3.8, 4) is 0 Å². The molecule has 0 fully saturated rings. The molecule has 0 aromatic heterocycles. The summed E-state index contributed by atoms with van der Waals surface area (Å²) >= 11 is 0. The van der Waals surface area contributed by atoms with Crippen LogP contribution in [0.5, 0.6) is 0 Å². The van der Waals surface area contributed by atoms with Crippen molar-refractivity contribution in [2.45, 2.75) is 19.3 Å². The Morgan fingerprint density at radius 3 is 2.50 bits per heavy atom. The van der Waals surface area contributed by atoms with Crippen LogP contribution in [-0.4, -0.2) is 55.1 Å². The molecule has 0 atom stereocenters. The third-order valence-corrected chi connectivity index (χ3v) is 1.79. The molecule has 0 aliphatic carbocycles. The van der Waals surface area contributed by atoms with Crippen LogP contribution >= 0.6 is 0 Å². The van der Waals surface area contributed by atoms with E-state index in [9.17, 15) is 18.4 Å². The van der Waals surface area contributed by atoms with Gasteiger partial charge >= 0.3 is 5.97 Å². The van der Waals surface area contributed by atoms with E-state index in [4.69, 9.17) is 5.11 Å². The van der Waals surface area contributed by atoms with Crippen molar-refractivity contribution in [1.82, 2.24) is 4.90 Å². The number of hydrogen-bond acceptors (Lipinski definition) is 3. The van der Waals surface area contributed by atoms with Crippen molar-refractivity contribution < 1.29 is 28.2 Å². The topological polar surface area (TPSA) is 66.8 Å². The maximum Gasteiger partial charge on any atom is 0.305 e. The van der Waals surface area contributed by atoms with Crippen molar-refractivity contribution >= 4 is 11.9 Å². The number of hydrogen-bond donors (Lipinski definition) is 1. The molecule has 0 saturated heterocycles. The zero-order valence-corrected chi connectivity index (χ0v) is 8.99. The first-order valence-corrected chi connectivity index (χ1v) is 4.75. The maximum absolute atomic E-state index is 11.6. The molecule has 0 aliphatic heterocycles. The first-order valence-electron chi connectivity index (χ1n) is 4.75. The summed E-state index contributed by atoms with van der Waals surface area (Å²) in [6.07, 6.45) is -2.71. The molecular weight excluding hydrogens is 224 g/mol. The minimum absolute atomic E-state index is 0.0250. The zero-order valence-electron chi connectivity index (χ0n) is 8.99. The van der Waals surface area contributed by atoms with Crippen molar-refractivity contribution in [3.05, 3.63) is 0 Å². The quantitative estimate of drug-likeness (QED) is 0.629. The summed E-state index contributed by atoms with van der Waals surface area (Å²) < 4.78 is 27.8. The summed E-state index contributed by atoms with van der Waals surface area (Å²) in [5.41, 5.74) is 0. The molecule has 0 unspecified atom stereocenters. The van der Waals surface area contributed by atoms with Crippen LogP contribution in [0.15, 0.2) is 0 Å². The molecule has 0 spiro atoms. The molecule has 1 N–H and O–H groups in total. The molecule has 7 heteroatoms. The molecule has 0 saturated carbocycles. The lowest BCUT2D eigenvalue weighted by molar-refractivity contribution is -0.138. The van der Waals surface area contributed by atoms with Crippen molar-refractivity contribution in [3.63, 3.8) is 0 Å². The largest absolute Gasteiger partial charge is 0.481 e. The summed E-state index contributed by atoms with van der Waals surface area (Å²) in [5, 5.41) is 8.37. The Kier molecular flexibility index (Phi) is 7.36. The SMILES string of the molecule is CN(CCC(=O)O)C(=O)CCOCC(F)F. The Morgan fingerprint density at radius 1 is 1.38 bits per heavy atom. The molecule has 0 aromatic carbocycles. The fourth-order valence-corrected chi connectivity index (χ4v) is 0.911. The van der Waals surface area contributed by atoms with Crippen molar-refractivity contribution in [2.75, 3.05) is 26.8 Å². The number of nitrogens with zero attached hydrogens (tertiary/aromatic N) is 1. The van der Waals surface area contributed by atoms with Gasteiger partial charge in [-0.3, -0.25) is 9.59 Å². The highest BCUT2D eigenvalue weighted by molar-refractivity contribution is 5.76. The molecule has 5 nitrogen and oxygen atoms in total. The lowest BCUT2D eigenvalue weighted by Crippen LogP contribution is -2.29. The number of aliphatic carboxylic acids is 1. The van der Waals surface area contributed by atoms with Gasteiger partial charge in [-0.2, -0.15) is 0 Å². The molecule has 16 heavy (non-hydrogen) atoms. The summed E-state index contributed by atoms with van der Waals surface area (Å²) in [6.45, 7) is -0.671. The molecular formula is C9H15F2NO4. The van der Waals surface area contributed by atoms with Gasteiger partial charge in [0.1, 0.15) is 6.61 Å². The molecule has 94 valence electrons. The minimum Gasteiger partial charge on any atom is -0.481 e. The van der Waals surface area contributed by atoms with E-state index in [1.54, 1.807) is 0 Å². The van der Waals surface area contributed by atoms with Gasteiger partial charge in [0, 0.05) is 13.6 Å². The van der Waals surface area contributed by atoms with Crippen LogP contribution in [0.25, 0.3) is 0 Å². The number of ether oxygens (including phenoxy) is 1. The van der Waals surface area contributed by atoms with Crippen LogP contribution in [-0.2, 0) is 14.3 Å². The number of alkyl halides is 2. The Hall–Kier alpha value is -1.24. The number of carbonyl (C=O) groups excluding carboxylic acids is 1. The van der Waals surface area contributed by atoms with Gasteiger partial charge in [-0.05, 0) is 0 Å². The minimum atomic E-state index is -2.54. The number of carboxylic acids is 1. The third-order valence-electron chi connectivity index (χ3n) is 1.79. The summed E-state index contributed by atoms with van der Waals surface area (Å²) in [5.74, 6) is -1.32. The van der Waals surface area contributed by atoms with E-state index in [1.807, 2.05) is 0 Å². The Balaban J connectivity index is 3.59. The fraction of sp³-hybridized carbons (Fsp3) is 0.778. The number of carbonyl (C=O) groups is 2. The Labute approximate surface area is 92.0 Å².